The largest absolute Gasteiger partial charge is 0.456 e. The van der Waals surface area contributed by atoms with Gasteiger partial charge in [-0.2, -0.15) is 12.6 Å². The predicted octanol–water partition coefficient (Wildman–Crippen LogP) is 2.04. The number of aryl methyl sites for hydroxylation is 1. The summed E-state index contributed by atoms with van der Waals surface area (Å²) in [6, 6.07) is 0. The number of aromatic nitrogens is 3. The molecule has 2 aliphatic rings. The van der Waals surface area contributed by atoms with Crippen LogP contribution in [-0.4, -0.2) is 67.5 Å². The molecule has 0 fully saturated rings. The highest BCUT2D eigenvalue weighted by molar-refractivity contribution is 8.14. The topological polar surface area (TPSA) is 138 Å². The van der Waals surface area contributed by atoms with Gasteiger partial charge in [0.1, 0.15) is 33.9 Å². The highest BCUT2D eigenvalue weighted by Gasteiger charge is 2.39. The number of amides is 2. The van der Waals surface area contributed by atoms with E-state index in [-0.39, 0.29) is 31.3 Å². The molecular weight excluding hydrogens is 508 g/mol. The van der Waals surface area contributed by atoms with Crippen LogP contribution in [-0.2, 0) is 25.7 Å². The van der Waals surface area contributed by atoms with Gasteiger partial charge in [-0.3, -0.25) is 19.4 Å². The molecule has 13 heteroatoms. The Hall–Kier alpha value is -2.64. The Labute approximate surface area is 217 Å². The van der Waals surface area contributed by atoms with Crippen molar-refractivity contribution in [3.8, 4) is 0 Å². The molecular formula is C22H28N6O4S3. The SMILES string of the molecule is CC12CSC(=N1)c1csc(n1)CNC(=O)CC(/C=C/CCS)OC(=O)CNC2=O.Cc1cnc[nH]1. The van der Waals surface area contributed by atoms with Crippen molar-refractivity contribution in [2.75, 3.05) is 18.1 Å². The first-order valence-corrected chi connectivity index (χ1v) is 13.4. The lowest BCUT2D eigenvalue weighted by Crippen LogP contribution is -2.46. The van der Waals surface area contributed by atoms with Crippen LogP contribution >= 0.6 is 35.7 Å². The molecule has 4 heterocycles. The number of fused-ring (bicyclic) bond motifs is 4. The van der Waals surface area contributed by atoms with Crippen molar-refractivity contribution in [2.45, 2.75) is 44.9 Å². The van der Waals surface area contributed by atoms with Gasteiger partial charge in [0.25, 0.3) is 0 Å². The van der Waals surface area contributed by atoms with Crippen molar-refractivity contribution in [1.82, 2.24) is 25.6 Å². The number of aliphatic imine (C=N–C) groups is 1. The fourth-order valence-corrected chi connectivity index (χ4v) is 5.09. The molecule has 2 unspecified atom stereocenters. The van der Waals surface area contributed by atoms with E-state index < -0.39 is 17.6 Å². The standard InChI is InChI=1S/C18H22N4O4S3.C4H6N2/c1-18-10-29-16(22-18)12-9-28-14(21-12)7-19-13(23)6-11(4-2-3-5-27)26-15(24)8-20-17(18)25;1-4-2-5-3-6-4/h2,4,9,11,27H,3,5-8,10H2,1H3,(H,19,23)(H,20,25);2-3H,1H3,(H,5,6)/b4-2+;. The summed E-state index contributed by atoms with van der Waals surface area (Å²) in [5.74, 6) is -0.113. The molecule has 0 aromatic carbocycles. The molecule has 4 rings (SSSR count). The maximum Gasteiger partial charge on any atom is 0.326 e. The second-order valence-corrected chi connectivity index (χ2v) is 10.3. The first-order valence-electron chi connectivity index (χ1n) is 10.9. The number of hydrogen-bond acceptors (Lipinski definition) is 10. The van der Waals surface area contributed by atoms with Crippen molar-refractivity contribution < 1.29 is 19.1 Å². The van der Waals surface area contributed by atoms with E-state index in [1.165, 1.54) is 23.1 Å². The maximum absolute atomic E-state index is 12.6. The van der Waals surface area contributed by atoms with Crippen molar-refractivity contribution in [2.24, 2.45) is 4.99 Å². The monoisotopic (exact) mass is 536 g/mol. The lowest BCUT2D eigenvalue weighted by molar-refractivity contribution is -0.148. The Morgan fingerprint density at radius 1 is 1.29 bits per heavy atom. The number of imidazole rings is 1. The molecule has 0 aliphatic carbocycles. The number of cyclic esters (lactones) is 1. The number of esters is 1. The van der Waals surface area contributed by atoms with E-state index in [4.69, 9.17) is 4.74 Å². The molecule has 0 spiro atoms. The number of ether oxygens (including phenoxy) is 1. The molecule has 4 bridgehead atoms. The third-order valence-electron chi connectivity index (χ3n) is 4.88. The second-order valence-electron chi connectivity index (χ2n) is 7.97. The number of nitrogens with one attached hydrogen (secondary N) is 3. The van der Waals surface area contributed by atoms with Crippen LogP contribution in [0.25, 0.3) is 0 Å². The zero-order valence-electron chi connectivity index (χ0n) is 19.4. The number of nitrogens with zero attached hydrogens (tertiary/aromatic N) is 3. The van der Waals surface area contributed by atoms with E-state index >= 15 is 0 Å². The average molecular weight is 537 g/mol. The zero-order valence-corrected chi connectivity index (χ0v) is 22.0. The van der Waals surface area contributed by atoms with E-state index in [1.54, 1.807) is 25.5 Å². The van der Waals surface area contributed by atoms with E-state index in [0.29, 0.717) is 28.7 Å². The number of thiazole rings is 1. The summed E-state index contributed by atoms with van der Waals surface area (Å²) < 4.78 is 5.38. The summed E-state index contributed by atoms with van der Waals surface area (Å²) >= 11 is 7.00. The molecule has 2 aliphatic heterocycles. The molecule has 2 amide bonds. The number of thioether (sulfide) groups is 1. The van der Waals surface area contributed by atoms with E-state index in [9.17, 15) is 14.4 Å². The summed E-state index contributed by atoms with van der Waals surface area (Å²) in [5.41, 5.74) is 0.830. The number of carbonyl (C=O) groups is 3. The van der Waals surface area contributed by atoms with Gasteiger partial charge in [-0.05, 0) is 32.1 Å². The van der Waals surface area contributed by atoms with Crippen LogP contribution in [0.1, 0.15) is 36.2 Å². The predicted molar refractivity (Wildman–Crippen MR) is 140 cm³/mol. The Balaban J connectivity index is 0.000000497. The Bertz CT molecular complexity index is 1080. The van der Waals surface area contributed by atoms with Gasteiger partial charge < -0.3 is 20.4 Å². The molecule has 2 atom stereocenters. The van der Waals surface area contributed by atoms with Gasteiger partial charge in [-0.1, -0.05) is 6.08 Å². The minimum atomic E-state index is -0.971. The lowest BCUT2D eigenvalue weighted by Gasteiger charge is -2.19. The summed E-state index contributed by atoms with van der Waals surface area (Å²) in [5, 5.41) is 8.68. The Morgan fingerprint density at radius 3 is 2.80 bits per heavy atom. The molecule has 10 nitrogen and oxygen atoms in total. The van der Waals surface area contributed by atoms with Crippen LogP contribution in [0.3, 0.4) is 0 Å². The first kappa shape index (κ1) is 27.0. The van der Waals surface area contributed by atoms with Crippen molar-refractivity contribution in [3.63, 3.8) is 0 Å². The van der Waals surface area contributed by atoms with Gasteiger partial charge in [-0.25, -0.2) is 9.97 Å². The molecule has 2 aromatic rings. The molecule has 35 heavy (non-hydrogen) atoms. The van der Waals surface area contributed by atoms with Gasteiger partial charge in [-0.15, -0.1) is 23.1 Å². The highest BCUT2D eigenvalue weighted by Crippen LogP contribution is 2.31. The lowest BCUT2D eigenvalue weighted by atomic mass is 10.1. The van der Waals surface area contributed by atoms with Crippen LogP contribution in [0.2, 0.25) is 0 Å². The van der Waals surface area contributed by atoms with Crippen molar-refractivity contribution in [3.05, 3.63) is 46.5 Å². The molecule has 0 radical (unpaired) electrons. The normalized spacial score (nSPS) is 23.1. The van der Waals surface area contributed by atoms with Gasteiger partial charge >= 0.3 is 5.97 Å². The first-order chi connectivity index (χ1) is 16.8. The summed E-state index contributed by atoms with van der Waals surface area (Å²) in [6.45, 7) is 3.68. The molecule has 0 saturated heterocycles. The summed E-state index contributed by atoms with van der Waals surface area (Å²) in [7, 11) is 0. The van der Waals surface area contributed by atoms with Crippen molar-refractivity contribution in [1.29, 1.82) is 0 Å². The van der Waals surface area contributed by atoms with E-state index in [2.05, 4.69) is 43.2 Å². The number of H-pyrrole nitrogens is 1. The van der Waals surface area contributed by atoms with Crippen molar-refractivity contribution >= 4 is 58.6 Å². The Kier molecular flexibility index (Phi) is 9.93. The number of hydrogen-bond donors (Lipinski definition) is 4. The van der Waals surface area contributed by atoms with Gasteiger partial charge in [0.15, 0.2) is 0 Å². The molecule has 188 valence electrons. The average Bonchev–Trinajstić information content (AvgIpc) is 3.58. The summed E-state index contributed by atoms with van der Waals surface area (Å²) in [6.07, 6.45) is 6.88. The third-order valence-corrected chi connectivity index (χ3v) is 7.27. The maximum atomic E-state index is 12.6. The number of aromatic amines is 1. The van der Waals surface area contributed by atoms with Gasteiger partial charge in [0, 0.05) is 23.0 Å². The molecule has 0 saturated carbocycles. The van der Waals surface area contributed by atoms with Crippen LogP contribution in [0.4, 0.5) is 0 Å². The van der Waals surface area contributed by atoms with Crippen LogP contribution < -0.4 is 10.6 Å². The van der Waals surface area contributed by atoms with Crippen LogP contribution in [0.15, 0.2) is 35.0 Å². The highest BCUT2D eigenvalue weighted by atomic mass is 32.2. The van der Waals surface area contributed by atoms with Gasteiger partial charge in [0.2, 0.25) is 11.8 Å². The number of carbonyl (C=O) groups excluding carboxylic acids is 3. The fourth-order valence-electron chi connectivity index (χ4n) is 3.01. The minimum Gasteiger partial charge on any atom is -0.456 e. The minimum absolute atomic E-state index is 0.0126. The number of rotatable bonds is 3. The van der Waals surface area contributed by atoms with E-state index in [0.717, 1.165) is 10.7 Å². The number of allylic oxidation sites excluding steroid dienone is 1. The van der Waals surface area contributed by atoms with Gasteiger partial charge in [0.05, 0.1) is 19.3 Å². The molecule has 3 N–H and O–H groups in total. The number of thiol groups is 1. The van der Waals surface area contributed by atoms with E-state index in [1.807, 2.05) is 18.4 Å². The quantitative estimate of drug-likeness (QED) is 0.268. The Morgan fingerprint density at radius 2 is 2.11 bits per heavy atom. The second kappa shape index (κ2) is 12.9. The zero-order chi connectivity index (χ0) is 25.3. The fraction of sp³-hybridized carbons (Fsp3) is 0.455. The van der Waals surface area contributed by atoms with Crippen LogP contribution in [0, 0.1) is 6.92 Å². The van der Waals surface area contributed by atoms with Crippen LogP contribution in [0.5, 0.6) is 0 Å². The third kappa shape index (κ3) is 8.22. The summed E-state index contributed by atoms with van der Waals surface area (Å²) in [4.78, 5) is 52.8. The smallest absolute Gasteiger partial charge is 0.326 e. The molecule has 2 aromatic heterocycles.